The monoisotopic (exact) mass is 344 g/mol. The number of amides is 2. The minimum Gasteiger partial charge on any atom is -0.494 e. The lowest BCUT2D eigenvalue weighted by Crippen LogP contribution is -2.39. The molecule has 0 spiro atoms. The molecule has 1 unspecified atom stereocenters. The molecular weight excluding hydrogens is 328 g/mol. The number of nitrogens with two attached hydrogens (primary N) is 1. The van der Waals surface area contributed by atoms with Crippen LogP contribution in [0.3, 0.4) is 0 Å². The van der Waals surface area contributed by atoms with Crippen LogP contribution in [0, 0.1) is 0 Å². The van der Waals surface area contributed by atoms with Crippen molar-refractivity contribution in [3.05, 3.63) is 28.7 Å². The van der Waals surface area contributed by atoms with Crippen LogP contribution in [0.15, 0.2) is 28.7 Å². The highest BCUT2D eigenvalue weighted by atomic mass is 79.9. The average molecular weight is 345 g/mol. The molecule has 0 saturated carbocycles. The second-order valence-electron chi connectivity index (χ2n) is 4.13. The molecule has 20 heavy (non-hydrogen) atoms. The van der Waals surface area contributed by atoms with Gasteiger partial charge in [0.15, 0.2) is 0 Å². The Balaban J connectivity index is 2.13. The summed E-state index contributed by atoms with van der Waals surface area (Å²) in [5, 5.41) is 11.5. The van der Waals surface area contributed by atoms with E-state index in [1.807, 2.05) is 24.3 Å². The van der Waals surface area contributed by atoms with Crippen LogP contribution in [0.25, 0.3) is 0 Å². The molecule has 2 amide bonds. The predicted octanol–water partition coefficient (Wildman–Crippen LogP) is 0.570. The van der Waals surface area contributed by atoms with Gasteiger partial charge in [0.2, 0.25) is 11.8 Å². The number of aliphatic hydroxyl groups excluding tert-OH is 1. The molecule has 7 heteroatoms. The van der Waals surface area contributed by atoms with E-state index in [9.17, 15) is 9.59 Å². The number of primary amides is 1. The van der Waals surface area contributed by atoms with Gasteiger partial charge in [0.25, 0.3) is 0 Å². The second kappa shape index (κ2) is 8.55. The molecule has 0 aromatic heterocycles. The zero-order chi connectivity index (χ0) is 15.0. The number of hydrogen-bond acceptors (Lipinski definition) is 4. The largest absolute Gasteiger partial charge is 0.494 e. The topological polar surface area (TPSA) is 102 Å². The maximum absolute atomic E-state index is 11.4. The number of nitrogens with one attached hydrogen (secondary N) is 1. The zero-order valence-electron chi connectivity index (χ0n) is 10.8. The van der Waals surface area contributed by atoms with E-state index >= 15 is 0 Å². The van der Waals surface area contributed by atoms with Crippen LogP contribution in [-0.2, 0) is 9.59 Å². The lowest BCUT2D eigenvalue weighted by atomic mass is 10.3. The second-order valence-corrected chi connectivity index (χ2v) is 5.04. The van der Waals surface area contributed by atoms with Gasteiger partial charge in [0.05, 0.1) is 13.2 Å². The van der Waals surface area contributed by atoms with Crippen LogP contribution in [0.5, 0.6) is 5.75 Å². The Labute approximate surface area is 125 Å². The maximum atomic E-state index is 11.4. The summed E-state index contributed by atoms with van der Waals surface area (Å²) in [7, 11) is 0. The highest BCUT2D eigenvalue weighted by Crippen LogP contribution is 2.16. The Morgan fingerprint density at radius 3 is 2.60 bits per heavy atom. The molecule has 0 aliphatic carbocycles. The molecule has 110 valence electrons. The summed E-state index contributed by atoms with van der Waals surface area (Å²) in [5.74, 6) is -0.383. The molecule has 0 bridgehead atoms. The van der Waals surface area contributed by atoms with Crippen molar-refractivity contribution in [3.8, 4) is 5.75 Å². The van der Waals surface area contributed by atoms with Gasteiger partial charge in [-0.05, 0) is 30.7 Å². The average Bonchev–Trinajstić information content (AvgIpc) is 2.42. The summed E-state index contributed by atoms with van der Waals surface area (Å²) in [6.45, 7) is 0.245. The first-order valence-corrected chi connectivity index (χ1v) is 6.91. The summed E-state index contributed by atoms with van der Waals surface area (Å²) in [6.07, 6.45) is -0.561. The van der Waals surface area contributed by atoms with Crippen molar-refractivity contribution in [2.45, 2.75) is 18.9 Å². The lowest BCUT2D eigenvalue weighted by molar-refractivity contribution is -0.127. The number of carbonyl (C=O) groups excluding carboxylic acids is 2. The van der Waals surface area contributed by atoms with Gasteiger partial charge in [-0.2, -0.15) is 0 Å². The number of carbonyl (C=O) groups is 2. The third-order valence-electron chi connectivity index (χ3n) is 2.45. The van der Waals surface area contributed by atoms with Crippen molar-refractivity contribution in [2.24, 2.45) is 5.73 Å². The summed E-state index contributed by atoms with van der Waals surface area (Å²) in [6, 6.07) is 7.39. The van der Waals surface area contributed by atoms with Crippen molar-refractivity contribution in [1.29, 1.82) is 0 Å². The first-order valence-electron chi connectivity index (χ1n) is 6.11. The molecule has 1 atom stereocenters. The molecular formula is C13H17BrN2O4. The van der Waals surface area contributed by atoms with Crippen LogP contribution >= 0.6 is 15.9 Å². The van der Waals surface area contributed by atoms with Gasteiger partial charge in [0.1, 0.15) is 11.9 Å². The van der Waals surface area contributed by atoms with Gasteiger partial charge >= 0.3 is 0 Å². The molecule has 4 N–H and O–H groups in total. The van der Waals surface area contributed by atoms with Crippen LogP contribution in [0.4, 0.5) is 0 Å². The summed E-state index contributed by atoms with van der Waals surface area (Å²) < 4.78 is 6.42. The molecule has 0 heterocycles. The fourth-order valence-corrected chi connectivity index (χ4v) is 1.62. The summed E-state index contributed by atoms with van der Waals surface area (Å²) >= 11 is 3.32. The highest BCUT2D eigenvalue weighted by molar-refractivity contribution is 9.10. The Morgan fingerprint density at radius 1 is 1.35 bits per heavy atom. The van der Waals surface area contributed by atoms with Crippen LogP contribution in [-0.4, -0.2) is 36.2 Å². The number of hydrogen-bond donors (Lipinski definition) is 3. The lowest BCUT2D eigenvalue weighted by Gasteiger charge is -2.09. The van der Waals surface area contributed by atoms with Crippen molar-refractivity contribution >= 4 is 27.7 Å². The van der Waals surface area contributed by atoms with E-state index in [1.165, 1.54) is 0 Å². The van der Waals surface area contributed by atoms with Crippen molar-refractivity contribution in [1.82, 2.24) is 5.32 Å². The fraction of sp³-hybridized carbons (Fsp3) is 0.385. The molecule has 0 aliphatic heterocycles. The Hall–Kier alpha value is -1.60. The Bertz CT molecular complexity index is 450. The SMILES string of the molecule is NC(=O)C(O)CNC(=O)CCCOc1ccc(Br)cc1. The third-order valence-corrected chi connectivity index (χ3v) is 2.98. The minimum absolute atomic E-state index is 0.165. The molecule has 0 aliphatic rings. The third kappa shape index (κ3) is 6.53. The first kappa shape index (κ1) is 16.5. The summed E-state index contributed by atoms with van der Waals surface area (Å²) in [4.78, 5) is 21.9. The van der Waals surface area contributed by atoms with Gasteiger partial charge in [0, 0.05) is 10.9 Å². The smallest absolute Gasteiger partial charge is 0.248 e. The molecule has 6 nitrogen and oxygen atoms in total. The van der Waals surface area contributed by atoms with E-state index in [4.69, 9.17) is 15.6 Å². The number of benzene rings is 1. The van der Waals surface area contributed by atoms with Gasteiger partial charge < -0.3 is 20.9 Å². The Morgan fingerprint density at radius 2 is 2.00 bits per heavy atom. The number of rotatable bonds is 8. The standard InChI is InChI=1S/C13H17BrN2O4/c14-9-3-5-10(6-4-9)20-7-1-2-12(18)16-8-11(17)13(15)19/h3-6,11,17H,1-2,7-8H2,(H2,15,19)(H,16,18). The quantitative estimate of drug-likeness (QED) is 0.600. The molecule has 0 fully saturated rings. The normalized spacial score (nSPS) is 11.7. The van der Waals surface area contributed by atoms with Crippen molar-refractivity contribution < 1.29 is 19.4 Å². The van der Waals surface area contributed by atoms with E-state index in [0.717, 1.165) is 10.2 Å². The number of aliphatic hydroxyl groups is 1. The Kier molecular flexibility index (Phi) is 7.03. The molecule has 0 radical (unpaired) electrons. The van der Waals surface area contributed by atoms with E-state index in [0.29, 0.717) is 13.0 Å². The zero-order valence-corrected chi connectivity index (χ0v) is 12.4. The fourth-order valence-electron chi connectivity index (χ4n) is 1.35. The molecule has 1 aromatic rings. The molecule has 1 aromatic carbocycles. The van der Waals surface area contributed by atoms with Crippen LogP contribution in [0.2, 0.25) is 0 Å². The van der Waals surface area contributed by atoms with Crippen molar-refractivity contribution in [2.75, 3.05) is 13.2 Å². The molecule has 0 saturated heterocycles. The number of ether oxygens (including phenoxy) is 1. The number of halogens is 1. The van der Waals surface area contributed by atoms with Crippen molar-refractivity contribution in [3.63, 3.8) is 0 Å². The summed E-state index contributed by atoms with van der Waals surface area (Å²) in [5.41, 5.74) is 4.86. The van der Waals surface area contributed by atoms with Gasteiger partial charge in [-0.15, -0.1) is 0 Å². The van der Waals surface area contributed by atoms with E-state index in [1.54, 1.807) is 0 Å². The highest BCUT2D eigenvalue weighted by Gasteiger charge is 2.11. The van der Waals surface area contributed by atoms with Gasteiger partial charge in [-0.1, -0.05) is 15.9 Å². The van der Waals surface area contributed by atoms with E-state index < -0.39 is 12.0 Å². The van der Waals surface area contributed by atoms with E-state index in [2.05, 4.69) is 21.2 Å². The van der Waals surface area contributed by atoms with Crippen LogP contribution in [0.1, 0.15) is 12.8 Å². The van der Waals surface area contributed by atoms with Gasteiger partial charge in [-0.25, -0.2) is 0 Å². The maximum Gasteiger partial charge on any atom is 0.248 e. The minimum atomic E-state index is -1.35. The predicted molar refractivity (Wildman–Crippen MR) is 77.1 cm³/mol. The van der Waals surface area contributed by atoms with Gasteiger partial charge in [-0.3, -0.25) is 9.59 Å². The van der Waals surface area contributed by atoms with E-state index in [-0.39, 0.29) is 18.9 Å². The van der Waals surface area contributed by atoms with Crippen LogP contribution < -0.4 is 15.8 Å². The molecule has 1 rings (SSSR count). The first-order chi connectivity index (χ1) is 9.49.